The quantitative estimate of drug-likeness (QED) is 0.665. The standard InChI is InChI=1S/C14H17FN6S/c1-8-6-17-13(20-16)19-11(8)21-5-2-9-10(7-21)22-12(18-9)14(15)3-4-14/h6H,2-5,7,16H2,1H3,(H,17,19,20). The number of aromatic nitrogens is 3. The first-order valence-corrected chi connectivity index (χ1v) is 8.14. The highest BCUT2D eigenvalue weighted by molar-refractivity contribution is 7.12. The molecule has 1 fully saturated rings. The van der Waals surface area contributed by atoms with Crippen LogP contribution in [0, 0.1) is 6.92 Å². The van der Waals surface area contributed by atoms with E-state index < -0.39 is 5.67 Å². The maximum atomic E-state index is 14.2. The van der Waals surface area contributed by atoms with Crippen molar-refractivity contribution < 1.29 is 4.39 Å². The molecule has 1 saturated carbocycles. The van der Waals surface area contributed by atoms with Gasteiger partial charge < -0.3 is 4.90 Å². The van der Waals surface area contributed by atoms with Gasteiger partial charge in [-0.05, 0) is 19.8 Å². The molecule has 0 aromatic carbocycles. The lowest BCUT2D eigenvalue weighted by Crippen LogP contribution is -2.31. The van der Waals surface area contributed by atoms with Crippen molar-refractivity contribution in [2.75, 3.05) is 16.9 Å². The Labute approximate surface area is 131 Å². The molecule has 0 amide bonds. The number of thiazole rings is 1. The van der Waals surface area contributed by atoms with Gasteiger partial charge in [0.15, 0.2) is 5.67 Å². The number of anilines is 2. The minimum absolute atomic E-state index is 0.400. The molecular weight excluding hydrogens is 303 g/mol. The zero-order chi connectivity index (χ0) is 15.3. The van der Waals surface area contributed by atoms with E-state index in [4.69, 9.17) is 5.84 Å². The molecule has 3 N–H and O–H groups in total. The predicted octanol–water partition coefficient (Wildman–Crippen LogP) is 2.05. The van der Waals surface area contributed by atoms with E-state index in [0.29, 0.717) is 30.3 Å². The van der Waals surface area contributed by atoms with Crippen LogP contribution in [0.5, 0.6) is 0 Å². The average molecular weight is 320 g/mol. The number of halogens is 1. The van der Waals surface area contributed by atoms with Crippen molar-refractivity contribution in [3.8, 4) is 0 Å². The summed E-state index contributed by atoms with van der Waals surface area (Å²) in [4.78, 5) is 16.4. The van der Waals surface area contributed by atoms with E-state index in [9.17, 15) is 4.39 Å². The molecule has 4 rings (SSSR count). The molecule has 2 aromatic rings. The van der Waals surface area contributed by atoms with Gasteiger partial charge >= 0.3 is 0 Å². The SMILES string of the molecule is Cc1cnc(NN)nc1N1CCc2nc(C3(F)CC3)sc2C1. The molecule has 22 heavy (non-hydrogen) atoms. The highest BCUT2D eigenvalue weighted by Gasteiger charge is 2.48. The Morgan fingerprint density at radius 1 is 1.41 bits per heavy atom. The second-order valence-corrected chi connectivity index (χ2v) is 6.95. The Morgan fingerprint density at radius 3 is 2.95 bits per heavy atom. The summed E-state index contributed by atoms with van der Waals surface area (Å²) in [6.07, 6.45) is 3.79. The van der Waals surface area contributed by atoms with Gasteiger partial charge in [-0.2, -0.15) is 4.98 Å². The third-order valence-corrected chi connectivity index (χ3v) is 5.44. The summed E-state index contributed by atoms with van der Waals surface area (Å²) >= 11 is 1.51. The van der Waals surface area contributed by atoms with Crippen LogP contribution in [0.1, 0.15) is 34.0 Å². The lowest BCUT2D eigenvalue weighted by atomic mass is 10.1. The molecule has 0 bridgehead atoms. The minimum Gasteiger partial charge on any atom is -0.351 e. The summed E-state index contributed by atoms with van der Waals surface area (Å²) < 4.78 is 14.2. The van der Waals surface area contributed by atoms with Crippen molar-refractivity contribution in [1.82, 2.24) is 15.0 Å². The maximum Gasteiger partial charge on any atom is 0.239 e. The fourth-order valence-electron chi connectivity index (χ4n) is 2.71. The van der Waals surface area contributed by atoms with Gasteiger partial charge in [-0.1, -0.05) is 0 Å². The lowest BCUT2D eigenvalue weighted by molar-refractivity contribution is 0.316. The third-order valence-electron chi connectivity index (χ3n) is 4.18. The van der Waals surface area contributed by atoms with Gasteiger partial charge in [0.1, 0.15) is 10.8 Å². The topological polar surface area (TPSA) is 80.0 Å². The summed E-state index contributed by atoms with van der Waals surface area (Å²) in [5, 5.41) is 0.656. The number of nitrogen functional groups attached to an aromatic ring is 1. The molecule has 0 radical (unpaired) electrons. The van der Waals surface area contributed by atoms with E-state index in [1.165, 1.54) is 11.3 Å². The number of nitrogens with one attached hydrogen (secondary N) is 1. The number of nitrogens with two attached hydrogens (primary N) is 1. The summed E-state index contributed by atoms with van der Waals surface area (Å²) in [6.45, 7) is 3.51. The first-order valence-electron chi connectivity index (χ1n) is 7.32. The number of fused-ring (bicyclic) bond motifs is 1. The molecule has 1 aliphatic carbocycles. The van der Waals surface area contributed by atoms with Crippen LogP contribution in [0.25, 0.3) is 0 Å². The van der Waals surface area contributed by atoms with E-state index in [1.807, 2.05) is 6.92 Å². The number of nitrogens with zero attached hydrogens (tertiary/aromatic N) is 4. The van der Waals surface area contributed by atoms with Crippen molar-refractivity contribution in [3.05, 3.63) is 27.3 Å². The molecule has 0 spiro atoms. The molecule has 3 heterocycles. The molecule has 2 aromatic heterocycles. The average Bonchev–Trinajstić information content (AvgIpc) is 3.13. The number of hydrogen-bond donors (Lipinski definition) is 2. The van der Waals surface area contributed by atoms with Gasteiger partial charge in [-0.25, -0.2) is 20.2 Å². The smallest absolute Gasteiger partial charge is 0.239 e. The summed E-state index contributed by atoms with van der Waals surface area (Å²) in [5.74, 6) is 6.66. The monoisotopic (exact) mass is 320 g/mol. The van der Waals surface area contributed by atoms with Gasteiger partial charge in [0.25, 0.3) is 0 Å². The van der Waals surface area contributed by atoms with Crippen LogP contribution in [0.15, 0.2) is 6.20 Å². The largest absolute Gasteiger partial charge is 0.351 e. The number of hydrazine groups is 1. The van der Waals surface area contributed by atoms with Crippen LogP contribution >= 0.6 is 11.3 Å². The van der Waals surface area contributed by atoms with Gasteiger partial charge in [-0.15, -0.1) is 11.3 Å². The van der Waals surface area contributed by atoms with Crippen LogP contribution < -0.4 is 16.2 Å². The first kappa shape index (κ1) is 13.8. The van der Waals surface area contributed by atoms with Gasteiger partial charge in [-0.3, -0.25) is 5.43 Å². The highest BCUT2D eigenvalue weighted by atomic mass is 32.1. The molecule has 0 unspecified atom stereocenters. The zero-order valence-corrected chi connectivity index (χ0v) is 13.1. The normalized spacial score (nSPS) is 19.0. The molecule has 6 nitrogen and oxygen atoms in total. The molecule has 116 valence electrons. The van der Waals surface area contributed by atoms with Crippen molar-refractivity contribution in [2.45, 2.75) is 38.4 Å². The molecular formula is C14H17FN6S. The molecule has 0 saturated heterocycles. The van der Waals surface area contributed by atoms with Crippen molar-refractivity contribution in [1.29, 1.82) is 0 Å². The van der Waals surface area contributed by atoms with E-state index in [-0.39, 0.29) is 0 Å². The Balaban J connectivity index is 1.63. The minimum atomic E-state index is -1.14. The van der Waals surface area contributed by atoms with E-state index in [0.717, 1.165) is 34.9 Å². The molecule has 2 aliphatic rings. The number of alkyl halides is 1. The number of rotatable bonds is 3. The van der Waals surface area contributed by atoms with E-state index in [2.05, 4.69) is 25.3 Å². The molecule has 8 heteroatoms. The first-order chi connectivity index (χ1) is 10.6. The Kier molecular flexibility index (Phi) is 3.05. The van der Waals surface area contributed by atoms with Crippen molar-refractivity contribution >= 4 is 23.1 Å². The Hall–Kier alpha value is -1.80. The van der Waals surface area contributed by atoms with Crippen molar-refractivity contribution in [3.63, 3.8) is 0 Å². The summed E-state index contributed by atoms with van der Waals surface area (Å²) in [5.41, 5.74) is 3.37. The summed E-state index contributed by atoms with van der Waals surface area (Å²) in [7, 11) is 0. The van der Waals surface area contributed by atoms with Gasteiger partial charge in [0.2, 0.25) is 5.95 Å². The summed E-state index contributed by atoms with van der Waals surface area (Å²) in [6, 6.07) is 0. The highest BCUT2D eigenvalue weighted by Crippen LogP contribution is 2.51. The van der Waals surface area contributed by atoms with Crippen LogP contribution in [0.2, 0.25) is 0 Å². The Morgan fingerprint density at radius 2 is 2.23 bits per heavy atom. The fourth-order valence-corrected chi connectivity index (χ4v) is 3.98. The third kappa shape index (κ3) is 2.22. The van der Waals surface area contributed by atoms with E-state index >= 15 is 0 Å². The van der Waals surface area contributed by atoms with Crippen LogP contribution in [0.4, 0.5) is 16.2 Å². The van der Waals surface area contributed by atoms with E-state index in [1.54, 1.807) is 6.20 Å². The zero-order valence-electron chi connectivity index (χ0n) is 12.3. The lowest BCUT2D eigenvalue weighted by Gasteiger charge is -2.28. The number of hydrogen-bond acceptors (Lipinski definition) is 7. The van der Waals surface area contributed by atoms with Crippen LogP contribution in [-0.2, 0) is 18.6 Å². The van der Waals surface area contributed by atoms with Crippen molar-refractivity contribution in [2.24, 2.45) is 5.84 Å². The second-order valence-electron chi connectivity index (χ2n) is 5.87. The Bertz CT molecular complexity index is 726. The van der Waals surface area contributed by atoms with Crippen LogP contribution in [-0.4, -0.2) is 21.5 Å². The van der Waals surface area contributed by atoms with Crippen LogP contribution in [0.3, 0.4) is 0 Å². The second kappa shape index (κ2) is 4.85. The molecule has 0 atom stereocenters. The predicted molar refractivity (Wildman–Crippen MR) is 83.5 cm³/mol. The fraction of sp³-hybridized carbons (Fsp3) is 0.500. The van der Waals surface area contributed by atoms with Gasteiger partial charge in [0.05, 0.1) is 12.2 Å². The molecule has 1 aliphatic heterocycles. The number of aryl methyl sites for hydroxylation is 1. The van der Waals surface area contributed by atoms with Gasteiger partial charge in [0, 0.05) is 29.6 Å². The maximum absolute atomic E-state index is 14.2.